The van der Waals surface area contributed by atoms with Crippen LogP contribution in [-0.2, 0) is 0 Å². The fourth-order valence-corrected chi connectivity index (χ4v) is 3.23. The first-order valence-corrected chi connectivity index (χ1v) is 8.31. The van der Waals surface area contributed by atoms with E-state index in [1.165, 1.54) is 16.7 Å². The Kier molecular flexibility index (Phi) is 5.28. The second-order valence-electron chi connectivity index (χ2n) is 5.08. The first kappa shape index (κ1) is 15.6. The van der Waals surface area contributed by atoms with Gasteiger partial charge in [-0.2, -0.15) is 0 Å². The van der Waals surface area contributed by atoms with Gasteiger partial charge in [0.25, 0.3) is 0 Å². The van der Waals surface area contributed by atoms with Crippen LogP contribution in [0.15, 0.2) is 46.9 Å². The third-order valence-electron chi connectivity index (χ3n) is 3.36. The fourth-order valence-electron chi connectivity index (χ4n) is 2.08. The Balaban J connectivity index is 2.26. The molecule has 106 valence electrons. The molecule has 0 heterocycles. The summed E-state index contributed by atoms with van der Waals surface area (Å²) in [5.41, 5.74) is 3.82. The van der Waals surface area contributed by atoms with Crippen LogP contribution in [0.3, 0.4) is 0 Å². The lowest BCUT2D eigenvalue weighted by atomic mass is 9.99. The van der Waals surface area contributed by atoms with Gasteiger partial charge in [-0.1, -0.05) is 60.1 Å². The normalized spacial score (nSPS) is 12.5. The molecule has 0 N–H and O–H groups in total. The zero-order valence-electron chi connectivity index (χ0n) is 11.9. The second-order valence-corrected chi connectivity index (χ2v) is 6.85. The Morgan fingerprint density at radius 3 is 1.95 bits per heavy atom. The summed E-state index contributed by atoms with van der Waals surface area (Å²) in [4.78, 5) is 0.186. The third-order valence-corrected chi connectivity index (χ3v) is 5.04. The molecule has 1 atom stereocenters. The van der Waals surface area contributed by atoms with E-state index in [2.05, 4.69) is 82.1 Å². The molecule has 0 radical (unpaired) electrons. The van der Waals surface area contributed by atoms with E-state index in [4.69, 9.17) is 4.74 Å². The highest BCUT2D eigenvalue weighted by Crippen LogP contribution is 2.35. The van der Waals surface area contributed by atoms with E-state index in [0.717, 1.165) is 10.2 Å². The van der Waals surface area contributed by atoms with Crippen molar-refractivity contribution in [3.05, 3.63) is 63.6 Å². The summed E-state index contributed by atoms with van der Waals surface area (Å²) < 4.78 is 6.24. The van der Waals surface area contributed by atoms with Crippen LogP contribution in [0.4, 0.5) is 0 Å². The highest BCUT2D eigenvalue weighted by molar-refractivity contribution is 9.10. The van der Waals surface area contributed by atoms with Gasteiger partial charge in [-0.3, -0.25) is 0 Å². The Labute approximate surface area is 137 Å². The van der Waals surface area contributed by atoms with Crippen LogP contribution in [0.1, 0.15) is 41.3 Å². The minimum Gasteiger partial charge on any atom is -0.496 e. The molecule has 1 nitrogen and oxygen atoms in total. The van der Waals surface area contributed by atoms with E-state index < -0.39 is 0 Å². The van der Waals surface area contributed by atoms with E-state index in [0.29, 0.717) is 5.92 Å². The summed E-state index contributed by atoms with van der Waals surface area (Å²) in [6.07, 6.45) is 0. The molecule has 20 heavy (non-hydrogen) atoms. The third kappa shape index (κ3) is 3.44. The molecule has 0 saturated carbocycles. The molecule has 2 rings (SSSR count). The number of methoxy groups -OCH3 is 1. The van der Waals surface area contributed by atoms with E-state index in [1.54, 1.807) is 7.11 Å². The molecular formula is C17H18Br2O. The molecule has 1 unspecified atom stereocenters. The van der Waals surface area contributed by atoms with Crippen molar-refractivity contribution in [1.29, 1.82) is 0 Å². The molecule has 2 aromatic carbocycles. The molecule has 0 aliphatic rings. The molecule has 2 aromatic rings. The van der Waals surface area contributed by atoms with Crippen LogP contribution in [0.5, 0.6) is 5.75 Å². The molecule has 0 amide bonds. The number of ether oxygens (including phenoxy) is 1. The van der Waals surface area contributed by atoms with E-state index >= 15 is 0 Å². The van der Waals surface area contributed by atoms with Crippen molar-refractivity contribution in [2.45, 2.75) is 24.6 Å². The van der Waals surface area contributed by atoms with Crippen molar-refractivity contribution in [3.63, 3.8) is 0 Å². The lowest BCUT2D eigenvalue weighted by Crippen LogP contribution is -1.95. The average Bonchev–Trinajstić information content (AvgIpc) is 2.46. The number of hydrogen-bond acceptors (Lipinski definition) is 1. The zero-order valence-corrected chi connectivity index (χ0v) is 15.0. The first-order chi connectivity index (χ1) is 9.52. The maximum atomic E-state index is 5.27. The Morgan fingerprint density at radius 2 is 1.45 bits per heavy atom. The topological polar surface area (TPSA) is 9.23 Å². The van der Waals surface area contributed by atoms with Crippen molar-refractivity contribution in [1.82, 2.24) is 0 Å². The van der Waals surface area contributed by atoms with Gasteiger partial charge in [-0.15, -0.1) is 0 Å². The van der Waals surface area contributed by atoms with Crippen molar-refractivity contribution >= 4 is 31.9 Å². The highest BCUT2D eigenvalue weighted by atomic mass is 79.9. The maximum Gasteiger partial charge on any atom is 0.133 e. The molecule has 3 heteroatoms. The van der Waals surface area contributed by atoms with E-state index in [1.807, 2.05) is 6.07 Å². The second kappa shape index (κ2) is 6.77. The lowest BCUT2D eigenvalue weighted by Gasteiger charge is -2.14. The Hall–Kier alpha value is -0.800. The number of rotatable bonds is 4. The molecule has 0 saturated heterocycles. The molecular weight excluding hydrogens is 380 g/mol. The zero-order chi connectivity index (χ0) is 14.7. The SMILES string of the molecule is COc1ccc(C(Br)c2ccc(C(C)C)cc2)cc1Br. The lowest BCUT2D eigenvalue weighted by molar-refractivity contribution is 0.412. The van der Waals surface area contributed by atoms with Crippen LogP contribution in [0, 0.1) is 0 Å². The van der Waals surface area contributed by atoms with Gasteiger partial charge >= 0.3 is 0 Å². The molecule has 0 aliphatic heterocycles. The smallest absolute Gasteiger partial charge is 0.133 e. The maximum absolute atomic E-state index is 5.27. The van der Waals surface area contributed by atoms with Gasteiger partial charge in [0.1, 0.15) is 5.75 Å². The molecule has 0 aliphatic carbocycles. The first-order valence-electron chi connectivity index (χ1n) is 6.60. The predicted molar refractivity (Wildman–Crippen MR) is 92.0 cm³/mol. The quantitative estimate of drug-likeness (QED) is 0.569. The summed E-state index contributed by atoms with van der Waals surface area (Å²) in [7, 11) is 1.68. The van der Waals surface area contributed by atoms with E-state index in [9.17, 15) is 0 Å². The van der Waals surface area contributed by atoms with E-state index in [-0.39, 0.29) is 4.83 Å². The van der Waals surface area contributed by atoms with Crippen molar-refractivity contribution in [3.8, 4) is 5.75 Å². The minimum atomic E-state index is 0.186. The van der Waals surface area contributed by atoms with Crippen LogP contribution < -0.4 is 4.74 Å². The highest BCUT2D eigenvalue weighted by Gasteiger charge is 2.12. The molecule has 0 spiro atoms. The number of hydrogen-bond donors (Lipinski definition) is 0. The van der Waals surface area contributed by atoms with Crippen molar-refractivity contribution in [2.75, 3.05) is 7.11 Å². The summed E-state index contributed by atoms with van der Waals surface area (Å²) >= 11 is 7.31. The monoisotopic (exact) mass is 396 g/mol. The Morgan fingerprint density at radius 1 is 0.900 bits per heavy atom. The summed E-state index contributed by atoms with van der Waals surface area (Å²) in [5.74, 6) is 1.41. The van der Waals surface area contributed by atoms with Gasteiger partial charge in [-0.25, -0.2) is 0 Å². The van der Waals surface area contributed by atoms with Gasteiger partial charge in [0, 0.05) is 0 Å². The van der Waals surface area contributed by atoms with Crippen LogP contribution >= 0.6 is 31.9 Å². The molecule has 0 aromatic heterocycles. The van der Waals surface area contributed by atoms with Crippen molar-refractivity contribution in [2.24, 2.45) is 0 Å². The molecule has 0 fully saturated rings. The Bertz CT molecular complexity index is 576. The predicted octanol–water partition coefficient (Wildman–Crippen LogP) is 6.07. The number of halogens is 2. The van der Waals surface area contributed by atoms with Gasteiger partial charge in [0.2, 0.25) is 0 Å². The summed E-state index contributed by atoms with van der Waals surface area (Å²) in [5, 5.41) is 0. The van der Waals surface area contributed by atoms with Crippen LogP contribution in [0.2, 0.25) is 0 Å². The molecule has 0 bridgehead atoms. The van der Waals surface area contributed by atoms with Gasteiger partial charge in [-0.05, 0) is 50.7 Å². The number of benzene rings is 2. The fraction of sp³-hybridized carbons (Fsp3) is 0.294. The van der Waals surface area contributed by atoms with Gasteiger partial charge in [0.15, 0.2) is 0 Å². The standard InChI is InChI=1S/C17H18Br2O/c1-11(2)12-4-6-13(7-5-12)17(19)14-8-9-16(20-3)15(18)10-14/h4-11,17H,1-3H3. The van der Waals surface area contributed by atoms with Crippen LogP contribution in [0.25, 0.3) is 0 Å². The van der Waals surface area contributed by atoms with Gasteiger partial charge < -0.3 is 4.74 Å². The van der Waals surface area contributed by atoms with Gasteiger partial charge in [0.05, 0.1) is 16.4 Å². The number of alkyl halides is 1. The van der Waals surface area contributed by atoms with Crippen LogP contribution in [-0.4, -0.2) is 7.11 Å². The van der Waals surface area contributed by atoms with Crippen molar-refractivity contribution < 1.29 is 4.74 Å². The summed E-state index contributed by atoms with van der Waals surface area (Å²) in [6.45, 7) is 4.42. The largest absolute Gasteiger partial charge is 0.496 e. The average molecular weight is 398 g/mol. The summed E-state index contributed by atoms with van der Waals surface area (Å²) in [6, 6.07) is 14.9. The minimum absolute atomic E-state index is 0.186.